The van der Waals surface area contributed by atoms with E-state index in [1.54, 1.807) is 6.07 Å². The number of hydrazine groups is 1. The average molecular weight is 343 g/mol. The number of hydrogen-bond donors (Lipinski definition) is 2. The van der Waals surface area contributed by atoms with Crippen molar-refractivity contribution in [1.29, 1.82) is 0 Å². The van der Waals surface area contributed by atoms with Gasteiger partial charge in [-0.2, -0.15) is 0 Å². The van der Waals surface area contributed by atoms with Crippen LogP contribution >= 0.6 is 11.6 Å². The number of halogens is 1. The second-order valence-corrected chi connectivity index (χ2v) is 6.05. The summed E-state index contributed by atoms with van der Waals surface area (Å²) in [5.41, 5.74) is 5.46. The Bertz CT molecular complexity index is 890. The van der Waals surface area contributed by atoms with Gasteiger partial charge in [0.2, 0.25) is 0 Å². The Morgan fingerprint density at radius 3 is 2.54 bits per heavy atom. The van der Waals surface area contributed by atoms with Crippen molar-refractivity contribution in [1.82, 2.24) is 5.43 Å². The van der Waals surface area contributed by atoms with E-state index in [1.165, 1.54) is 29.3 Å². The van der Waals surface area contributed by atoms with Gasteiger partial charge >= 0.3 is 0 Å². The standard InChI is InChI=1S/C18H15ClN2O3/c1-10-3-5-14(7-11(10)2)21-18(24)15(17(23)20-21)9-12-8-13(19)4-6-16(12)22/h3-9,22H,1-2H3,(H,20,23). The van der Waals surface area contributed by atoms with Gasteiger partial charge in [-0.3, -0.25) is 15.0 Å². The molecule has 0 radical (unpaired) electrons. The largest absolute Gasteiger partial charge is 0.507 e. The SMILES string of the molecule is Cc1ccc(N2NC(=O)C(=Cc3cc(Cl)ccc3O)C2=O)cc1C. The highest BCUT2D eigenvalue weighted by Gasteiger charge is 2.34. The highest BCUT2D eigenvalue weighted by Crippen LogP contribution is 2.27. The zero-order valence-corrected chi connectivity index (χ0v) is 13.9. The number of nitrogens with one attached hydrogen (secondary N) is 1. The molecule has 0 bridgehead atoms. The smallest absolute Gasteiger partial charge is 0.282 e. The summed E-state index contributed by atoms with van der Waals surface area (Å²) in [5.74, 6) is -1.07. The van der Waals surface area contributed by atoms with E-state index in [-0.39, 0.29) is 11.3 Å². The molecule has 2 aromatic rings. The fourth-order valence-electron chi connectivity index (χ4n) is 2.40. The second kappa shape index (κ2) is 6.02. The Kier molecular flexibility index (Phi) is 4.03. The summed E-state index contributed by atoms with van der Waals surface area (Å²) in [6, 6.07) is 9.90. The third-order valence-electron chi connectivity index (χ3n) is 3.93. The summed E-state index contributed by atoms with van der Waals surface area (Å²) in [5, 5.41) is 11.5. The zero-order chi connectivity index (χ0) is 17.4. The van der Waals surface area contributed by atoms with E-state index in [1.807, 2.05) is 26.0 Å². The van der Waals surface area contributed by atoms with Crippen molar-refractivity contribution in [2.45, 2.75) is 13.8 Å². The normalized spacial score (nSPS) is 16.0. The molecule has 122 valence electrons. The maximum Gasteiger partial charge on any atom is 0.282 e. The summed E-state index contributed by atoms with van der Waals surface area (Å²) in [6.07, 6.45) is 1.33. The zero-order valence-electron chi connectivity index (χ0n) is 13.1. The molecule has 6 heteroatoms. The lowest BCUT2D eigenvalue weighted by atomic mass is 10.1. The van der Waals surface area contributed by atoms with Crippen molar-refractivity contribution in [3.05, 3.63) is 63.7 Å². The number of benzene rings is 2. The molecule has 0 unspecified atom stereocenters. The molecule has 3 rings (SSSR count). The predicted molar refractivity (Wildman–Crippen MR) is 92.6 cm³/mol. The minimum Gasteiger partial charge on any atom is -0.507 e. The van der Waals surface area contributed by atoms with Gasteiger partial charge < -0.3 is 5.11 Å². The van der Waals surface area contributed by atoms with E-state index in [0.717, 1.165) is 11.1 Å². The predicted octanol–water partition coefficient (Wildman–Crippen LogP) is 3.12. The van der Waals surface area contributed by atoms with Crippen LogP contribution in [0.3, 0.4) is 0 Å². The topological polar surface area (TPSA) is 69.6 Å². The fourth-order valence-corrected chi connectivity index (χ4v) is 2.58. The van der Waals surface area contributed by atoms with Crippen LogP contribution in [-0.4, -0.2) is 16.9 Å². The van der Waals surface area contributed by atoms with Gasteiger partial charge in [-0.05, 0) is 61.4 Å². The Labute approximate surface area is 144 Å². The van der Waals surface area contributed by atoms with E-state index in [0.29, 0.717) is 16.3 Å². The van der Waals surface area contributed by atoms with E-state index >= 15 is 0 Å². The number of hydrogen-bond acceptors (Lipinski definition) is 3. The van der Waals surface area contributed by atoms with Gasteiger partial charge in [-0.1, -0.05) is 17.7 Å². The maximum atomic E-state index is 12.6. The molecular weight excluding hydrogens is 328 g/mol. The number of aryl methyl sites for hydroxylation is 2. The van der Waals surface area contributed by atoms with Crippen molar-refractivity contribution in [2.24, 2.45) is 0 Å². The monoisotopic (exact) mass is 342 g/mol. The fraction of sp³-hybridized carbons (Fsp3) is 0.111. The van der Waals surface area contributed by atoms with Crippen LogP contribution in [0.5, 0.6) is 5.75 Å². The Hall–Kier alpha value is -2.79. The quantitative estimate of drug-likeness (QED) is 0.650. The van der Waals surface area contributed by atoms with Crippen molar-refractivity contribution < 1.29 is 14.7 Å². The first-order chi connectivity index (χ1) is 11.4. The van der Waals surface area contributed by atoms with Crippen LogP contribution < -0.4 is 10.4 Å². The third-order valence-corrected chi connectivity index (χ3v) is 4.16. The van der Waals surface area contributed by atoms with Crippen LogP contribution in [0.1, 0.15) is 16.7 Å². The molecule has 1 aliphatic rings. The molecule has 24 heavy (non-hydrogen) atoms. The van der Waals surface area contributed by atoms with Gasteiger partial charge in [0.1, 0.15) is 11.3 Å². The molecule has 0 aliphatic carbocycles. The van der Waals surface area contributed by atoms with Crippen LogP contribution in [0.4, 0.5) is 5.69 Å². The lowest BCUT2D eigenvalue weighted by Crippen LogP contribution is -2.35. The molecule has 2 N–H and O–H groups in total. The third kappa shape index (κ3) is 2.86. The highest BCUT2D eigenvalue weighted by atomic mass is 35.5. The molecule has 2 aromatic carbocycles. The van der Waals surface area contributed by atoms with Crippen LogP contribution in [-0.2, 0) is 9.59 Å². The average Bonchev–Trinajstić information content (AvgIpc) is 2.81. The molecule has 0 aromatic heterocycles. The molecule has 5 nitrogen and oxygen atoms in total. The van der Waals surface area contributed by atoms with E-state index in [2.05, 4.69) is 5.43 Å². The van der Waals surface area contributed by atoms with Crippen molar-refractivity contribution in [3.63, 3.8) is 0 Å². The lowest BCUT2D eigenvalue weighted by Gasteiger charge is -2.16. The first-order valence-electron chi connectivity index (χ1n) is 7.30. The van der Waals surface area contributed by atoms with Gasteiger partial charge in [0.15, 0.2) is 0 Å². The number of carbonyl (C=O) groups is 2. The van der Waals surface area contributed by atoms with E-state index in [9.17, 15) is 14.7 Å². The summed E-state index contributed by atoms with van der Waals surface area (Å²) < 4.78 is 0. The maximum absolute atomic E-state index is 12.6. The minimum absolute atomic E-state index is 0.0582. The highest BCUT2D eigenvalue weighted by molar-refractivity contribution is 6.32. The van der Waals surface area contributed by atoms with Crippen molar-refractivity contribution in [3.8, 4) is 5.75 Å². The molecule has 1 heterocycles. The number of phenolic OH excluding ortho intramolecular Hbond substituents is 1. The summed E-state index contributed by atoms with van der Waals surface area (Å²) in [7, 11) is 0. The lowest BCUT2D eigenvalue weighted by molar-refractivity contribution is -0.117. The molecule has 1 fully saturated rings. The Morgan fingerprint density at radius 2 is 1.83 bits per heavy atom. The van der Waals surface area contributed by atoms with Gasteiger partial charge in [-0.15, -0.1) is 0 Å². The van der Waals surface area contributed by atoms with Crippen molar-refractivity contribution >= 4 is 35.2 Å². The number of nitrogens with zero attached hydrogens (tertiary/aromatic N) is 1. The number of amides is 2. The van der Waals surface area contributed by atoms with Gasteiger partial charge in [0.05, 0.1) is 5.69 Å². The molecule has 2 amide bonds. The molecule has 1 saturated heterocycles. The molecule has 0 spiro atoms. The van der Waals surface area contributed by atoms with Crippen LogP contribution in [0.2, 0.25) is 5.02 Å². The minimum atomic E-state index is -0.530. The first-order valence-corrected chi connectivity index (χ1v) is 7.67. The van der Waals surface area contributed by atoms with Crippen LogP contribution in [0.25, 0.3) is 6.08 Å². The first kappa shape index (κ1) is 16.1. The molecule has 0 saturated carbocycles. The van der Waals surface area contributed by atoms with Crippen molar-refractivity contribution in [2.75, 3.05) is 5.01 Å². The molecule has 1 aliphatic heterocycles. The number of rotatable bonds is 2. The van der Waals surface area contributed by atoms with Gasteiger partial charge in [-0.25, -0.2) is 5.01 Å². The number of carbonyl (C=O) groups excluding carboxylic acids is 2. The van der Waals surface area contributed by atoms with Crippen LogP contribution in [0, 0.1) is 13.8 Å². The number of aromatic hydroxyl groups is 1. The van der Waals surface area contributed by atoms with Crippen LogP contribution in [0.15, 0.2) is 42.0 Å². The number of phenols is 1. The molecule has 0 atom stereocenters. The summed E-state index contributed by atoms with van der Waals surface area (Å²) in [4.78, 5) is 24.7. The molecular formula is C18H15ClN2O3. The van der Waals surface area contributed by atoms with Gasteiger partial charge in [0, 0.05) is 10.6 Å². The number of anilines is 1. The van der Waals surface area contributed by atoms with E-state index < -0.39 is 11.8 Å². The van der Waals surface area contributed by atoms with Gasteiger partial charge in [0.25, 0.3) is 11.8 Å². The Morgan fingerprint density at radius 1 is 1.08 bits per heavy atom. The summed E-state index contributed by atoms with van der Waals surface area (Å²) in [6.45, 7) is 3.90. The Balaban J connectivity index is 1.98. The summed E-state index contributed by atoms with van der Waals surface area (Å²) >= 11 is 5.90. The van der Waals surface area contributed by atoms with E-state index in [4.69, 9.17) is 11.6 Å². The second-order valence-electron chi connectivity index (χ2n) is 5.61.